The largest absolute Gasteiger partial charge is 0.497 e. The van der Waals surface area contributed by atoms with Crippen molar-refractivity contribution in [2.45, 2.75) is 10.9 Å². The summed E-state index contributed by atoms with van der Waals surface area (Å²) in [5.74, 6) is 8.88. The van der Waals surface area contributed by atoms with Gasteiger partial charge >= 0.3 is 0 Å². The second kappa shape index (κ2) is 7.22. The molecule has 0 aliphatic rings. The zero-order valence-electron chi connectivity index (χ0n) is 13.8. The van der Waals surface area contributed by atoms with Crippen LogP contribution in [-0.2, 0) is 5.75 Å². The van der Waals surface area contributed by atoms with Crippen LogP contribution in [0, 0.1) is 0 Å². The molecule has 0 aliphatic heterocycles. The summed E-state index contributed by atoms with van der Waals surface area (Å²) in [5, 5.41) is 15.1. The Kier molecular flexibility index (Phi) is 4.63. The number of hydrogen-bond acceptors (Lipinski definition) is 8. The number of hydrogen-bond donors (Lipinski definition) is 1. The molecule has 4 aromatic rings. The highest BCUT2D eigenvalue weighted by Gasteiger charge is 2.14. The van der Waals surface area contributed by atoms with Crippen LogP contribution in [0.3, 0.4) is 0 Å². The standard InChI is InChI=1S/C17H15N5O2S2/c1-23-13-6-4-11(5-7-13)16-19-20-17(22(16)18)26-10-12-9-14(24-21-12)15-3-2-8-25-15/h2-9H,10,18H2,1H3. The summed E-state index contributed by atoms with van der Waals surface area (Å²) in [5.41, 5.74) is 1.70. The fraction of sp³-hybridized carbons (Fsp3) is 0.118. The van der Waals surface area contributed by atoms with Gasteiger partial charge in [-0.05, 0) is 35.7 Å². The van der Waals surface area contributed by atoms with Crippen LogP contribution in [0.4, 0.5) is 0 Å². The van der Waals surface area contributed by atoms with Gasteiger partial charge in [-0.3, -0.25) is 0 Å². The van der Waals surface area contributed by atoms with Crippen LogP contribution < -0.4 is 10.6 Å². The van der Waals surface area contributed by atoms with Crippen LogP contribution in [0.15, 0.2) is 57.5 Å². The Labute approximate surface area is 157 Å². The number of methoxy groups -OCH3 is 1. The Hall–Kier alpha value is -2.78. The van der Waals surface area contributed by atoms with Crippen molar-refractivity contribution < 1.29 is 9.26 Å². The van der Waals surface area contributed by atoms with E-state index in [1.807, 2.05) is 47.8 Å². The average Bonchev–Trinajstić information content (AvgIpc) is 3.41. The van der Waals surface area contributed by atoms with E-state index in [4.69, 9.17) is 15.1 Å². The van der Waals surface area contributed by atoms with Gasteiger partial charge in [0.15, 0.2) is 11.6 Å². The molecule has 0 unspecified atom stereocenters. The van der Waals surface area contributed by atoms with Gasteiger partial charge in [-0.1, -0.05) is 23.0 Å². The monoisotopic (exact) mass is 385 g/mol. The first kappa shape index (κ1) is 16.7. The maximum Gasteiger partial charge on any atom is 0.210 e. The minimum atomic E-state index is 0.590. The fourth-order valence-electron chi connectivity index (χ4n) is 2.37. The van der Waals surface area contributed by atoms with Crippen LogP contribution in [0.2, 0.25) is 0 Å². The molecule has 0 fully saturated rings. The van der Waals surface area contributed by atoms with Gasteiger partial charge < -0.3 is 15.1 Å². The van der Waals surface area contributed by atoms with Crippen LogP contribution in [0.1, 0.15) is 5.69 Å². The fourth-order valence-corrected chi connectivity index (χ4v) is 3.78. The van der Waals surface area contributed by atoms with E-state index in [-0.39, 0.29) is 0 Å². The van der Waals surface area contributed by atoms with Crippen molar-refractivity contribution in [1.82, 2.24) is 20.0 Å². The predicted molar refractivity (Wildman–Crippen MR) is 102 cm³/mol. The molecule has 0 saturated heterocycles. The smallest absolute Gasteiger partial charge is 0.210 e. The molecule has 4 rings (SSSR count). The predicted octanol–water partition coefficient (Wildman–Crippen LogP) is 3.68. The normalized spacial score (nSPS) is 11.0. The molecule has 3 heterocycles. The Morgan fingerprint density at radius 2 is 2.08 bits per heavy atom. The summed E-state index contributed by atoms with van der Waals surface area (Å²) in [6.07, 6.45) is 0. The van der Waals surface area contributed by atoms with Crippen LogP contribution >= 0.6 is 23.1 Å². The van der Waals surface area contributed by atoms with Gasteiger partial charge in [0.05, 0.1) is 17.7 Å². The number of nitrogen functional groups attached to an aromatic ring is 1. The third-order valence-electron chi connectivity index (χ3n) is 3.68. The van der Waals surface area contributed by atoms with Crippen LogP contribution in [0.25, 0.3) is 22.0 Å². The molecule has 2 N–H and O–H groups in total. The number of rotatable bonds is 6. The van der Waals surface area contributed by atoms with E-state index in [9.17, 15) is 0 Å². The average molecular weight is 385 g/mol. The van der Waals surface area contributed by atoms with Gasteiger partial charge in [0.2, 0.25) is 5.16 Å². The molecule has 0 spiro atoms. The number of aromatic nitrogens is 4. The Morgan fingerprint density at radius 3 is 2.81 bits per heavy atom. The molecular formula is C17H15N5O2S2. The van der Waals surface area contributed by atoms with Gasteiger partial charge in [-0.2, -0.15) is 0 Å². The number of nitrogens with two attached hydrogens (primary N) is 1. The molecule has 132 valence electrons. The first-order valence-electron chi connectivity index (χ1n) is 7.72. The van der Waals surface area contributed by atoms with Crippen molar-refractivity contribution in [2.24, 2.45) is 0 Å². The lowest BCUT2D eigenvalue weighted by Crippen LogP contribution is -2.11. The zero-order valence-corrected chi connectivity index (χ0v) is 15.5. The third-order valence-corrected chi connectivity index (χ3v) is 5.55. The minimum absolute atomic E-state index is 0.590. The maximum absolute atomic E-state index is 6.15. The molecular weight excluding hydrogens is 370 g/mol. The third kappa shape index (κ3) is 3.31. The van der Waals surface area contributed by atoms with Gasteiger partial charge in [0.25, 0.3) is 0 Å². The first-order valence-corrected chi connectivity index (χ1v) is 9.58. The second-order valence-corrected chi connectivity index (χ2v) is 7.24. The molecule has 9 heteroatoms. The number of benzene rings is 1. The number of thioether (sulfide) groups is 1. The Bertz CT molecular complexity index is 993. The van der Waals surface area contributed by atoms with Crippen molar-refractivity contribution in [2.75, 3.05) is 13.0 Å². The van der Waals surface area contributed by atoms with Crippen LogP contribution in [-0.4, -0.2) is 27.1 Å². The highest BCUT2D eigenvalue weighted by atomic mass is 32.2. The summed E-state index contributed by atoms with van der Waals surface area (Å²) >= 11 is 3.07. The van der Waals surface area contributed by atoms with E-state index >= 15 is 0 Å². The van der Waals surface area contributed by atoms with Crippen molar-refractivity contribution in [3.63, 3.8) is 0 Å². The molecule has 1 aromatic carbocycles. The first-order chi connectivity index (χ1) is 12.7. The van der Waals surface area contributed by atoms with E-state index in [2.05, 4.69) is 15.4 Å². The van der Waals surface area contributed by atoms with E-state index in [0.29, 0.717) is 16.7 Å². The molecule has 0 bridgehead atoms. The van der Waals surface area contributed by atoms with E-state index in [1.54, 1.807) is 18.4 Å². The van der Waals surface area contributed by atoms with Gasteiger partial charge in [0, 0.05) is 17.4 Å². The topological polar surface area (TPSA) is 92.0 Å². The van der Waals surface area contributed by atoms with Crippen molar-refractivity contribution in [3.8, 4) is 27.8 Å². The molecule has 3 aromatic heterocycles. The summed E-state index contributed by atoms with van der Waals surface area (Å²) in [7, 11) is 1.63. The molecule has 0 saturated carbocycles. The van der Waals surface area contributed by atoms with Gasteiger partial charge in [-0.25, -0.2) is 4.68 Å². The summed E-state index contributed by atoms with van der Waals surface area (Å²) < 4.78 is 12.0. The van der Waals surface area contributed by atoms with Crippen molar-refractivity contribution >= 4 is 23.1 Å². The van der Waals surface area contributed by atoms with Crippen molar-refractivity contribution in [1.29, 1.82) is 0 Å². The number of ether oxygens (including phenoxy) is 1. The van der Waals surface area contributed by atoms with Gasteiger partial charge in [-0.15, -0.1) is 21.5 Å². The Balaban J connectivity index is 1.46. The molecule has 0 amide bonds. The summed E-state index contributed by atoms with van der Waals surface area (Å²) in [4.78, 5) is 1.05. The Morgan fingerprint density at radius 1 is 1.23 bits per heavy atom. The zero-order chi connectivity index (χ0) is 17.9. The molecule has 0 radical (unpaired) electrons. The quantitative estimate of drug-likeness (QED) is 0.400. The van der Waals surface area contributed by atoms with Gasteiger partial charge in [0.1, 0.15) is 5.75 Å². The van der Waals surface area contributed by atoms with Crippen molar-refractivity contribution in [3.05, 3.63) is 53.5 Å². The molecule has 0 atom stereocenters. The molecule has 7 nitrogen and oxygen atoms in total. The molecule has 0 aliphatic carbocycles. The summed E-state index contributed by atoms with van der Waals surface area (Å²) in [6, 6.07) is 13.4. The van der Waals surface area contributed by atoms with E-state index in [0.717, 1.165) is 27.6 Å². The lowest BCUT2D eigenvalue weighted by Gasteiger charge is -2.04. The SMILES string of the molecule is COc1ccc(-c2nnc(SCc3cc(-c4cccs4)on3)n2N)cc1. The lowest BCUT2D eigenvalue weighted by atomic mass is 10.2. The minimum Gasteiger partial charge on any atom is -0.497 e. The van der Waals surface area contributed by atoms with E-state index in [1.165, 1.54) is 16.4 Å². The molecule has 26 heavy (non-hydrogen) atoms. The van der Waals surface area contributed by atoms with E-state index < -0.39 is 0 Å². The highest BCUT2D eigenvalue weighted by Crippen LogP contribution is 2.28. The highest BCUT2D eigenvalue weighted by molar-refractivity contribution is 7.98. The maximum atomic E-state index is 6.15. The lowest BCUT2D eigenvalue weighted by molar-refractivity contribution is 0.415. The van der Waals surface area contributed by atoms with Crippen LogP contribution in [0.5, 0.6) is 5.75 Å². The second-order valence-electron chi connectivity index (χ2n) is 5.35. The number of nitrogens with zero attached hydrogens (tertiary/aromatic N) is 4. The number of thiophene rings is 1. The summed E-state index contributed by atoms with van der Waals surface area (Å²) in [6.45, 7) is 0.